The molecule has 0 fully saturated rings. The summed E-state index contributed by atoms with van der Waals surface area (Å²) in [6, 6.07) is 4.40. The van der Waals surface area contributed by atoms with Crippen molar-refractivity contribution in [2.24, 2.45) is 5.73 Å². The van der Waals surface area contributed by atoms with Crippen LogP contribution in [-0.2, 0) is 11.3 Å². The van der Waals surface area contributed by atoms with Crippen molar-refractivity contribution in [3.8, 4) is 0 Å². The number of aromatic nitrogens is 2. The van der Waals surface area contributed by atoms with Crippen molar-refractivity contribution in [1.82, 2.24) is 9.78 Å². The van der Waals surface area contributed by atoms with Gasteiger partial charge in [0.15, 0.2) is 0 Å². The lowest BCUT2D eigenvalue weighted by molar-refractivity contribution is 0.182. The molecular formula is C13H14Br2FN3O. The second-order valence-corrected chi connectivity index (χ2v) is 5.95. The van der Waals surface area contributed by atoms with Crippen molar-refractivity contribution in [2.45, 2.75) is 12.6 Å². The van der Waals surface area contributed by atoms with Crippen LogP contribution in [0.25, 0.3) is 0 Å². The monoisotopic (exact) mass is 405 g/mol. The maximum absolute atomic E-state index is 13.6. The van der Waals surface area contributed by atoms with Crippen LogP contribution < -0.4 is 5.73 Å². The molecule has 1 atom stereocenters. The first-order chi connectivity index (χ1) is 9.54. The van der Waals surface area contributed by atoms with Gasteiger partial charge < -0.3 is 10.5 Å². The molecule has 1 aromatic carbocycles. The summed E-state index contributed by atoms with van der Waals surface area (Å²) in [5.74, 6) is -0.336. The van der Waals surface area contributed by atoms with Gasteiger partial charge in [0, 0.05) is 7.11 Å². The zero-order valence-electron chi connectivity index (χ0n) is 10.8. The summed E-state index contributed by atoms with van der Waals surface area (Å²) >= 11 is 6.56. The number of hydrogen-bond acceptors (Lipinski definition) is 3. The maximum atomic E-state index is 13.6. The minimum absolute atomic E-state index is 0.336. The zero-order valence-corrected chi connectivity index (χ0v) is 14.0. The standard InChI is InChI=1S/C13H14Br2FN3O/c1-20-5-4-19-13(10(15)7-18-19)12(17)8-2-3-9(14)11(16)6-8/h2-3,6-7,12H,4-5,17H2,1H3. The minimum atomic E-state index is -0.466. The van der Waals surface area contributed by atoms with Gasteiger partial charge in [0.1, 0.15) is 5.82 Å². The van der Waals surface area contributed by atoms with Crippen LogP contribution in [0.4, 0.5) is 4.39 Å². The van der Waals surface area contributed by atoms with Crippen LogP contribution >= 0.6 is 31.9 Å². The van der Waals surface area contributed by atoms with Gasteiger partial charge in [-0.05, 0) is 49.6 Å². The van der Waals surface area contributed by atoms with Gasteiger partial charge in [-0.3, -0.25) is 4.68 Å². The molecule has 108 valence electrons. The molecule has 2 N–H and O–H groups in total. The molecule has 0 radical (unpaired) electrons. The van der Waals surface area contributed by atoms with Crippen molar-refractivity contribution in [3.63, 3.8) is 0 Å². The molecule has 2 rings (SSSR count). The van der Waals surface area contributed by atoms with Crippen molar-refractivity contribution in [3.05, 3.63) is 50.4 Å². The Balaban J connectivity index is 2.34. The Morgan fingerprint density at radius 3 is 2.80 bits per heavy atom. The van der Waals surface area contributed by atoms with Gasteiger partial charge >= 0.3 is 0 Å². The van der Waals surface area contributed by atoms with Gasteiger partial charge in [-0.15, -0.1) is 0 Å². The lowest BCUT2D eigenvalue weighted by atomic mass is 10.0. The smallest absolute Gasteiger partial charge is 0.137 e. The fourth-order valence-electron chi connectivity index (χ4n) is 1.90. The highest BCUT2D eigenvalue weighted by atomic mass is 79.9. The SMILES string of the molecule is COCCn1ncc(Br)c1C(N)c1ccc(Br)c(F)c1. The predicted molar refractivity (Wildman–Crippen MR) is 81.9 cm³/mol. The molecule has 1 heterocycles. The third-order valence-electron chi connectivity index (χ3n) is 2.94. The Bertz CT molecular complexity index is 603. The molecule has 0 saturated carbocycles. The highest BCUT2D eigenvalue weighted by Crippen LogP contribution is 2.28. The van der Waals surface area contributed by atoms with E-state index in [1.54, 1.807) is 30.1 Å². The third-order valence-corrected chi connectivity index (χ3v) is 4.19. The van der Waals surface area contributed by atoms with Crippen LogP contribution in [0.2, 0.25) is 0 Å². The van der Waals surface area contributed by atoms with E-state index >= 15 is 0 Å². The second kappa shape index (κ2) is 6.80. The first kappa shape index (κ1) is 15.6. The summed E-state index contributed by atoms with van der Waals surface area (Å²) in [5, 5.41) is 4.25. The summed E-state index contributed by atoms with van der Waals surface area (Å²) in [4.78, 5) is 0. The van der Waals surface area contributed by atoms with E-state index in [1.807, 2.05) is 0 Å². The Morgan fingerprint density at radius 1 is 1.40 bits per heavy atom. The van der Waals surface area contributed by atoms with E-state index in [4.69, 9.17) is 10.5 Å². The second-order valence-electron chi connectivity index (χ2n) is 4.24. The highest BCUT2D eigenvalue weighted by Gasteiger charge is 2.19. The van der Waals surface area contributed by atoms with E-state index in [1.165, 1.54) is 6.07 Å². The number of methoxy groups -OCH3 is 1. The van der Waals surface area contributed by atoms with Crippen molar-refractivity contribution in [2.75, 3.05) is 13.7 Å². The maximum Gasteiger partial charge on any atom is 0.137 e. The summed E-state index contributed by atoms with van der Waals surface area (Å²) in [6.07, 6.45) is 1.68. The van der Waals surface area contributed by atoms with E-state index in [2.05, 4.69) is 37.0 Å². The predicted octanol–water partition coefficient (Wildman–Crippen LogP) is 3.24. The van der Waals surface area contributed by atoms with Gasteiger partial charge in [-0.25, -0.2) is 4.39 Å². The molecule has 0 amide bonds. The summed E-state index contributed by atoms with van der Waals surface area (Å²) in [6.45, 7) is 1.12. The summed E-state index contributed by atoms with van der Waals surface area (Å²) < 4.78 is 21.7. The van der Waals surface area contributed by atoms with E-state index < -0.39 is 6.04 Å². The number of nitrogens with two attached hydrogens (primary N) is 1. The van der Waals surface area contributed by atoms with Crippen LogP contribution in [0.3, 0.4) is 0 Å². The van der Waals surface area contributed by atoms with E-state index in [0.717, 1.165) is 10.2 Å². The minimum Gasteiger partial charge on any atom is -0.383 e. The molecule has 1 aromatic heterocycles. The Labute approximate surface area is 133 Å². The molecule has 7 heteroatoms. The molecule has 0 aliphatic heterocycles. The van der Waals surface area contributed by atoms with Crippen LogP contribution in [-0.4, -0.2) is 23.5 Å². The molecule has 1 unspecified atom stereocenters. The van der Waals surface area contributed by atoms with Crippen LogP contribution in [0.5, 0.6) is 0 Å². The topological polar surface area (TPSA) is 53.1 Å². The molecule has 0 spiro atoms. The fraction of sp³-hybridized carbons (Fsp3) is 0.308. The molecule has 0 aliphatic rings. The first-order valence-corrected chi connectivity index (χ1v) is 7.54. The molecular weight excluding hydrogens is 393 g/mol. The first-order valence-electron chi connectivity index (χ1n) is 5.95. The van der Waals surface area contributed by atoms with E-state index in [0.29, 0.717) is 23.2 Å². The number of hydrogen-bond donors (Lipinski definition) is 1. The van der Waals surface area contributed by atoms with Crippen molar-refractivity contribution < 1.29 is 9.13 Å². The van der Waals surface area contributed by atoms with Gasteiger partial charge in [0.05, 0.1) is 40.0 Å². The number of ether oxygens (including phenoxy) is 1. The molecule has 20 heavy (non-hydrogen) atoms. The molecule has 0 saturated heterocycles. The van der Waals surface area contributed by atoms with Crippen LogP contribution in [0, 0.1) is 5.82 Å². The van der Waals surface area contributed by atoms with Gasteiger partial charge in [-0.1, -0.05) is 6.07 Å². The Kier molecular flexibility index (Phi) is 5.31. The average Bonchev–Trinajstić information content (AvgIpc) is 2.80. The highest BCUT2D eigenvalue weighted by molar-refractivity contribution is 9.10. The van der Waals surface area contributed by atoms with Crippen molar-refractivity contribution in [1.29, 1.82) is 0 Å². The molecule has 2 aromatic rings. The average molecular weight is 407 g/mol. The summed E-state index contributed by atoms with van der Waals surface area (Å²) in [7, 11) is 1.63. The fourth-order valence-corrected chi connectivity index (χ4v) is 2.69. The van der Waals surface area contributed by atoms with E-state index in [-0.39, 0.29) is 5.82 Å². The Hall–Kier alpha value is -0.760. The van der Waals surface area contributed by atoms with E-state index in [9.17, 15) is 4.39 Å². The molecule has 0 aliphatic carbocycles. The van der Waals surface area contributed by atoms with Gasteiger partial charge in [0.2, 0.25) is 0 Å². The summed E-state index contributed by atoms with van der Waals surface area (Å²) in [5.41, 5.74) is 7.72. The third kappa shape index (κ3) is 3.28. The number of nitrogens with zero attached hydrogens (tertiary/aromatic N) is 2. The molecule has 0 bridgehead atoms. The van der Waals surface area contributed by atoms with Crippen molar-refractivity contribution >= 4 is 31.9 Å². The van der Waals surface area contributed by atoms with Gasteiger partial charge in [-0.2, -0.15) is 5.10 Å². The van der Waals surface area contributed by atoms with Crippen LogP contribution in [0.1, 0.15) is 17.3 Å². The normalized spacial score (nSPS) is 12.7. The van der Waals surface area contributed by atoms with Gasteiger partial charge in [0.25, 0.3) is 0 Å². The van der Waals surface area contributed by atoms with Crippen LogP contribution in [0.15, 0.2) is 33.3 Å². The largest absolute Gasteiger partial charge is 0.383 e. The lowest BCUT2D eigenvalue weighted by Crippen LogP contribution is -2.19. The lowest BCUT2D eigenvalue weighted by Gasteiger charge is -2.16. The molecule has 4 nitrogen and oxygen atoms in total. The quantitative estimate of drug-likeness (QED) is 0.829. The Morgan fingerprint density at radius 2 is 2.15 bits per heavy atom. The number of benzene rings is 1. The number of halogens is 3. The number of rotatable bonds is 5. The zero-order chi connectivity index (χ0) is 14.7.